The van der Waals surface area contributed by atoms with E-state index in [1.807, 2.05) is 18.4 Å². The van der Waals surface area contributed by atoms with Gasteiger partial charge in [0.2, 0.25) is 5.95 Å². The number of nitrogens with two attached hydrogens (primary N) is 2. The summed E-state index contributed by atoms with van der Waals surface area (Å²) in [6, 6.07) is 8.27. The number of anilines is 2. The SMILES string of the molecule is CCc1nc(N)nc(N)c1OCc1csc(-c2cccc(C)c2)n1. The average molecular weight is 341 g/mol. The van der Waals surface area contributed by atoms with Crippen molar-refractivity contribution < 1.29 is 4.74 Å². The summed E-state index contributed by atoms with van der Waals surface area (Å²) in [6.07, 6.45) is 0.665. The zero-order valence-corrected chi connectivity index (χ0v) is 14.4. The molecular weight excluding hydrogens is 322 g/mol. The van der Waals surface area contributed by atoms with Crippen LogP contribution in [-0.4, -0.2) is 15.0 Å². The third-order valence-electron chi connectivity index (χ3n) is 3.50. The van der Waals surface area contributed by atoms with Gasteiger partial charge in [-0.15, -0.1) is 11.3 Å². The van der Waals surface area contributed by atoms with Gasteiger partial charge >= 0.3 is 0 Å². The summed E-state index contributed by atoms with van der Waals surface area (Å²) in [5, 5.41) is 2.95. The number of hydrogen-bond donors (Lipinski definition) is 2. The zero-order valence-electron chi connectivity index (χ0n) is 13.6. The molecule has 0 fully saturated rings. The van der Waals surface area contributed by atoms with Crippen LogP contribution in [0.25, 0.3) is 10.6 Å². The largest absolute Gasteiger partial charge is 0.481 e. The predicted octanol–water partition coefficient (Wildman–Crippen LogP) is 3.21. The molecule has 0 amide bonds. The topological polar surface area (TPSA) is 99.9 Å². The maximum absolute atomic E-state index is 5.90. The van der Waals surface area contributed by atoms with Crippen molar-refractivity contribution in [2.24, 2.45) is 0 Å². The summed E-state index contributed by atoms with van der Waals surface area (Å²) >= 11 is 1.59. The van der Waals surface area contributed by atoms with E-state index in [0.717, 1.165) is 16.3 Å². The lowest BCUT2D eigenvalue weighted by Crippen LogP contribution is -2.08. The van der Waals surface area contributed by atoms with Crippen LogP contribution in [0.5, 0.6) is 5.75 Å². The molecule has 0 bridgehead atoms. The molecular formula is C17H19N5OS. The highest BCUT2D eigenvalue weighted by molar-refractivity contribution is 7.13. The lowest BCUT2D eigenvalue weighted by atomic mass is 10.1. The van der Waals surface area contributed by atoms with Crippen molar-refractivity contribution in [3.63, 3.8) is 0 Å². The smallest absolute Gasteiger partial charge is 0.222 e. The van der Waals surface area contributed by atoms with Gasteiger partial charge in [-0.1, -0.05) is 30.7 Å². The number of rotatable bonds is 5. The average Bonchev–Trinajstić information content (AvgIpc) is 3.02. The summed E-state index contributed by atoms with van der Waals surface area (Å²) < 4.78 is 5.81. The molecule has 0 aliphatic carbocycles. The second-order valence-electron chi connectivity index (χ2n) is 5.40. The van der Waals surface area contributed by atoms with Crippen molar-refractivity contribution in [2.45, 2.75) is 26.9 Å². The fourth-order valence-corrected chi connectivity index (χ4v) is 3.16. The Bertz CT molecular complexity index is 862. The first kappa shape index (κ1) is 16.2. The molecule has 0 aliphatic heterocycles. The second kappa shape index (κ2) is 6.84. The highest BCUT2D eigenvalue weighted by Crippen LogP contribution is 2.28. The van der Waals surface area contributed by atoms with Crippen LogP contribution in [0, 0.1) is 6.92 Å². The highest BCUT2D eigenvalue weighted by atomic mass is 32.1. The van der Waals surface area contributed by atoms with Crippen LogP contribution in [0.4, 0.5) is 11.8 Å². The van der Waals surface area contributed by atoms with Gasteiger partial charge in [0.05, 0.1) is 11.4 Å². The Labute approximate surface area is 144 Å². The second-order valence-corrected chi connectivity index (χ2v) is 6.26. The number of thiazole rings is 1. The van der Waals surface area contributed by atoms with E-state index in [9.17, 15) is 0 Å². The molecule has 0 saturated carbocycles. The number of aryl methyl sites for hydroxylation is 2. The first-order chi connectivity index (χ1) is 11.6. The lowest BCUT2D eigenvalue weighted by molar-refractivity contribution is 0.298. The highest BCUT2D eigenvalue weighted by Gasteiger charge is 2.13. The summed E-state index contributed by atoms with van der Waals surface area (Å²) in [5.41, 5.74) is 15.4. The summed E-state index contributed by atoms with van der Waals surface area (Å²) in [5.74, 6) is 0.900. The monoisotopic (exact) mass is 341 g/mol. The van der Waals surface area contributed by atoms with Gasteiger partial charge in [-0.2, -0.15) is 4.98 Å². The van der Waals surface area contributed by atoms with Crippen molar-refractivity contribution in [1.29, 1.82) is 0 Å². The number of nitrogen functional groups attached to an aromatic ring is 2. The molecule has 24 heavy (non-hydrogen) atoms. The molecule has 2 aromatic heterocycles. The minimum absolute atomic E-state index is 0.159. The van der Waals surface area contributed by atoms with Crippen molar-refractivity contribution in [3.05, 3.63) is 46.6 Å². The molecule has 0 spiro atoms. The number of benzene rings is 1. The van der Waals surface area contributed by atoms with Crippen molar-refractivity contribution >= 4 is 23.1 Å². The van der Waals surface area contributed by atoms with Crippen LogP contribution in [0.3, 0.4) is 0 Å². The Balaban J connectivity index is 1.77. The van der Waals surface area contributed by atoms with Crippen LogP contribution in [0.2, 0.25) is 0 Å². The minimum atomic E-state index is 0.159. The molecule has 0 radical (unpaired) electrons. The fraction of sp³-hybridized carbons (Fsp3) is 0.235. The maximum Gasteiger partial charge on any atom is 0.222 e. The number of ether oxygens (including phenoxy) is 1. The Hall–Kier alpha value is -2.67. The zero-order chi connectivity index (χ0) is 17.1. The standard InChI is InChI=1S/C17H19N5OS/c1-3-13-14(15(18)22-17(19)21-13)23-8-12-9-24-16(20-12)11-6-4-5-10(2)7-11/h4-7,9H,3,8H2,1-2H3,(H4,18,19,21,22). The minimum Gasteiger partial charge on any atom is -0.481 e. The maximum atomic E-state index is 5.90. The molecule has 0 unspecified atom stereocenters. The van der Waals surface area contributed by atoms with E-state index < -0.39 is 0 Å². The Morgan fingerprint density at radius 3 is 2.75 bits per heavy atom. The molecule has 4 N–H and O–H groups in total. The van der Waals surface area contributed by atoms with E-state index in [2.05, 4.69) is 40.1 Å². The van der Waals surface area contributed by atoms with Crippen LogP contribution >= 0.6 is 11.3 Å². The first-order valence-corrected chi connectivity index (χ1v) is 8.51. The summed E-state index contributed by atoms with van der Waals surface area (Å²) in [4.78, 5) is 12.8. The molecule has 7 heteroatoms. The normalized spacial score (nSPS) is 10.8. The van der Waals surface area contributed by atoms with Gasteiger partial charge in [-0.05, 0) is 19.4 Å². The van der Waals surface area contributed by atoms with E-state index in [1.165, 1.54) is 5.56 Å². The van der Waals surface area contributed by atoms with Gasteiger partial charge in [-0.3, -0.25) is 0 Å². The van der Waals surface area contributed by atoms with E-state index in [4.69, 9.17) is 16.2 Å². The van der Waals surface area contributed by atoms with Gasteiger partial charge < -0.3 is 16.2 Å². The third-order valence-corrected chi connectivity index (χ3v) is 4.44. The molecule has 0 aliphatic rings. The molecule has 2 heterocycles. The first-order valence-electron chi connectivity index (χ1n) is 7.63. The fourth-order valence-electron chi connectivity index (χ4n) is 2.36. The lowest BCUT2D eigenvalue weighted by Gasteiger charge is -2.11. The molecule has 6 nitrogen and oxygen atoms in total. The van der Waals surface area contributed by atoms with E-state index >= 15 is 0 Å². The molecule has 0 saturated heterocycles. The van der Waals surface area contributed by atoms with Crippen LogP contribution in [0.15, 0.2) is 29.6 Å². The van der Waals surface area contributed by atoms with Gasteiger partial charge in [0.25, 0.3) is 0 Å². The molecule has 3 rings (SSSR count). The predicted molar refractivity (Wildman–Crippen MR) is 96.9 cm³/mol. The summed E-state index contributed by atoms with van der Waals surface area (Å²) in [7, 11) is 0. The van der Waals surface area contributed by atoms with Gasteiger partial charge in [0.1, 0.15) is 11.6 Å². The molecule has 0 atom stereocenters. The third kappa shape index (κ3) is 3.46. The van der Waals surface area contributed by atoms with Gasteiger partial charge in [0.15, 0.2) is 11.6 Å². The Morgan fingerprint density at radius 2 is 2.00 bits per heavy atom. The summed E-state index contributed by atoms with van der Waals surface area (Å²) in [6.45, 7) is 4.34. The van der Waals surface area contributed by atoms with Crippen molar-refractivity contribution in [2.75, 3.05) is 11.5 Å². The van der Waals surface area contributed by atoms with Crippen LogP contribution in [0.1, 0.15) is 23.9 Å². The Kier molecular flexibility index (Phi) is 4.61. The Morgan fingerprint density at radius 1 is 1.17 bits per heavy atom. The molecule has 124 valence electrons. The van der Waals surface area contributed by atoms with Crippen LogP contribution < -0.4 is 16.2 Å². The van der Waals surface area contributed by atoms with Crippen molar-refractivity contribution in [1.82, 2.24) is 15.0 Å². The van der Waals surface area contributed by atoms with Gasteiger partial charge in [-0.25, -0.2) is 9.97 Å². The van der Waals surface area contributed by atoms with E-state index in [-0.39, 0.29) is 11.8 Å². The van der Waals surface area contributed by atoms with E-state index in [1.54, 1.807) is 11.3 Å². The van der Waals surface area contributed by atoms with E-state index in [0.29, 0.717) is 24.5 Å². The number of nitrogens with zero attached hydrogens (tertiary/aromatic N) is 3. The quantitative estimate of drug-likeness (QED) is 0.739. The van der Waals surface area contributed by atoms with Crippen LogP contribution in [-0.2, 0) is 13.0 Å². The molecule has 3 aromatic rings. The number of aromatic nitrogens is 3. The molecule has 1 aromatic carbocycles. The van der Waals surface area contributed by atoms with Crippen molar-refractivity contribution in [3.8, 4) is 16.3 Å². The van der Waals surface area contributed by atoms with Gasteiger partial charge in [0, 0.05) is 10.9 Å². The number of hydrogen-bond acceptors (Lipinski definition) is 7.